The van der Waals surface area contributed by atoms with Crippen LogP contribution in [0.2, 0.25) is 0 Å². The third kappa shape index (κ3) is 5.01. The van der Waals surface area contributed by atoms with Gasteiger partial charge in [0.15, 0.2) is 0 Å². The molecule has 0 aliphatic heterocycles. The van der Waals surface area contributed by atoms with E-state index >= 15 is 0 Å². The number of amides is 2. The number of rotatable bonds is 7. The summed E-state index contributed by atoms with van der Waals surface area (Å²) in [6.07, 6.45) is 7.10. The van der Waals surface area contributed by atoms with E-state index in [1.54, 1.807) is 24.5 Å². The summed E-state index contributed by atoms with van der Waals surface area (Å²) in [5.74, 6) is -1.92. The van der Waals surface area contributed by atoms with Crippen LogP contribution >= 0.6 is 0 Å². The van der Waals surface area contributed by atoms with Crippen LogP contribution in [0.5, 0.6) is 0 Å². The number of hydrogen-bond donors (Lipinski definition) is 2. The molecule has 0 spiro atoms. The van der Waals surface area contributed by atoms with Crippen LogP contribution in [0, 0.1) is 0 Å². The summed E-state index contributed by atoms with van der Waals surface area (Å²) in [6.45, 7) is -0.00613. The Morgan fingerprint density at radius 2 is 1.95 bits per heavy atom. The molecule has 1 aromatic heterocycles. The predicted molar refractivity (Wildman–Crippen MR) is 77.6 cm³/mol. The van der Waals surface area contributed by atoms with Gasteiger partial charge in [0.1, 0.15) is 6.54 Å². The van der Waals surface area contributed by atoms with E-state index in [1.807, 2.05) is 0 Å². The minimum Gasteiger partial charge on any atom is -0.480 e. The van der Waals surface area contributed by atoms with Gasteiger partial charge in [-0.2, -0.15) is 0 Å². The molecule has 2 amide bonds. The number of carboxylic acids is 1. The van der Waals surface area contributed by atoms with Crippen molar-refractivity contribution in [1.82, 2.24) is 15.2 Å². The number of aliphatic carboxylic acids is 1. The third-order valence-electron chi connectivity index (χ3n) is 3.17. The van der Waals surface area contributed by atoms with Crippen LogP contribution in [0.3, 0.4) is 0 Å². The lowest BCUT2D eigenvalue weighted by atomic mass is 10.2. The first kappa shape index (κ1) is 15.7. The maximum Gasteiger partial charge on any atom is 0.323 e. The molecule has 0 atom stereocenters. The van der Waals surface area contributed by atoms with Gasteiger partial charge in [0.05, 0.1) is 0 Å². The van der Waals surface area contributed by atoms with E-state index in [-0.39, 0.29) is 12.6 Å². The van der Waals surface area contributed by atoms with E-state index in [4.69, 9.17) is 5.11 Å². The number of nitrogens with zero attached hydrogens (tertiary/aromatic N) is 2. The Labute approximate surface area is 127 Å². The van der Waals surface area contributed by atoms with Crippen molar-refractivity contribution < 1.29 is 19.5 Å². The van der Waals surface area contributed by atoms with E-state index in [0.717, 1.165) is 30.6 Å². The van der Waals surface area contributed by atoms with E-state index in [1.165, 1.54) is 4.90 Å². The highest BCUT2D eigenvalue weighted by Gasteiger charge is 2.32. The summed E-state index contributed by atoms with van der Waals surface area (Å²) >= 11 is 0. The molecule has 7 nitrogen and oxygen atoms in total. The molecule has 0 aromatic carbocycles. The molecular weight excluding hydrogens is 286 g/mol. The number of pyridine rings is 1. The highest BCUT2D eigenvalue weighted by molar-refractivity contribution is 5.97. The topological polar surface area (TPSA) is 99.6 Å². The van der Waals surface area contributed by atoms with Crippen LogP contribution in [0.1, 0.15) is 18.4 Å². The zero-order chi connectivity index (χ0) is 15.9. The van der Waals surface area contributed by atoms with Gasteiger partial charge in [-0.3, -0.25) is 19.4 Å². The number of aromatic nitrogens is 1. The largest absolute Gasteiger partial charge is 0.480 e. The minimum atomic E-state index is -1.06. The Hall–Kier alpha value is -2.70. The molecule has 0 unspecified atom stereocenters. The van der Waals surface area contributed by atoms with Crippen molar-refractivity contribution in [3.63, 3.8) is 0 Å². The molecule has 0 radical (unpaired) electrons. The van der Waals surface area contributed by atoms with Gasteiger partial charge < -0.3 is 15.3 Å². The number of carbonyl (C=O) groups excluding carboxylic acids is 2. The summed E-state index contributed by atoms with van der Waals surface area (Å²) in [5, 5.41) is 11.4. The van der Waals surface area contributed by atoms with Crippen LogP contribution in [0.15, 0.2) is 36.7 Å². The molecule has 0 saturated heterocycles. The first-order valence-electron chi connectivity index (χ1n) is 6.93. The van der Waals surface area contributed by atoms with E-state index in [0.29, 0.717) is 6.54 Å². The van der Waals surface area contributed by atoms with Crippen molar-refractivity contribution in [3.05, 3.63) is 42.2 Å². The standard InChI is InChI=1S/C15H17N3O4/c19-13(17-9-11-5-7-16-8-6-11)3-4-14(20)18(10-15(21)22)12-1-2-12/h3-8,12H,1-2,9-10H2,(H,17,19)(H,21,22)/b4-3+. The third-order valence-corrected chi connectivity index (χ3v) is 3.17. The van der Waals surface area contributed by atoms with Crippen LogP contribution in [-0.2, 0) is 20.9 Å². The Morgan fingerprint density at radius 1 is 1.27 bits per heavy atom. The molecule has 1 aliphatic rings. The van der Waals surface area contributed by atoms with E-state index in [9.17, 15) is 14.4 Å². The lowest BCUT2D eigenvalue weighted by Gasteiger charge is -2.17. The summed E-state index contributed by atoms with van der Waals surface area (Å²) in [7, 11) is 0. The van der Waals surface area contributed by atoms with E-state index in [2.05, 4.69) is 10.3 Å². The predicted octanol–water partition coefficient (Wildman–Crippen LogP) is 0.330. The second kappa shape index (κ2) is 7.35. The zero-order valence-electron chi connectivity index (χ0n) is 11.9. The molecular formula is C15H17N3O4. The Morgan fingerprint density at radius 3 is 2.55 bits per heavy atom. The fourth-order valence-electron chi connectivity index (χ4n) is 1.91. The molecule has 2 rings (SSSR count). The average molecular weight is 303 g/mol. The van der Waals surface area contributed by atoms with Gasteiger partial charge in [-0.05, 0) is 30.5 Å². The molecule has 22 heavy (non-hydrogen) atoms. The van der Waals surface area contributed by atoms with Crippen molar-refractivity contribution in [1.29, 1.82) is 0 Å². The highest BCUT2D eigenvalue weighted by atomic mass is 16.4. The van der Waals surface area contributed by atoms with E-state index < -0.39 is 17.8 Å². The molecule has 1 heterocycles. The number of nitrogens with one attached hydrogen (secondary N) is 1. The fraction of sp³-hybridized carbons (Fsp3) is 0.333. The summed E-state index contributed by atoms with van der Waals surface area (Å²) < 4.78 is 0. The molecule has 2 N–H and O–H groups in total. The lowest BCUT2D eigenvalue weighted by molar-refractivity contribution is -0.143. The van der Waals surface area contributed by atoms with Gasteiger partial charge in [-0.1, -0.05) is 0 Å². The quantitative estimate of drug-likeness (QED) is 0.707. The van der Waals surface area contributed by atoms with Crippen LogP contribution in [0.25, 0.3) is 0 Å². The monoisotopic (exact) mass is 303 g/mol. The van der Waals surface area contributed by atoms with Crippen LogP contribution in [0.4, 0.5) is 0 Å². The van der Waals surface area contributed by atoms with Crippen LogP contribution in [-0.4, -0.2) is 45.4 Å². The summed E-state index contributed by atoms with van der Waals surface area (Å²) in [6, 6.07) is 3.53. The van der Waals surface area contributed by atoms with Crippen molar-refractivity contribution in [3.8, 4) is 0 Å². The maximum atomic E-state index is 11.9. The summed E-state index contributed by atoms with van der Waals surface area (Å²) in [4.78, 5) is 39.5. The first-order valence-corrected chi connectivity index (χ1v) is 6.93. The second-order valence-electron chi connectivity index (χ2n) is 5.00. The Balaban J connectivity index is 1.82. The molecule has 1 saturated carbocycles. The fourth-order valence-corrected chi connectivity index (χ4v) is 1.91. The van der Waals surface area contributed by atoms with Gasteiger partial charge >= 0.3 is 5.97 Å². The average Bonchev–Trinajstić information content (AvgIpc) is 3.33. The SMILES string of the molecule is O=C(O)CN(C(=O)/C=C/C(=O)NCc1ccncc1)C1CC1. The minimum absolute atomic E-state index is 0.0203. The number of carbonyl (C=O) groups is 3. The Kier molecular flexibility index (Phi) is 5.24. The molecule has 7 heteroatoms. The molecule has 1 aliphatic carbocycles. The normalized spacial score (nSPS) is 13.8. The number of carboxylic acid groups (broad SMARTS) is 1. The maximum absolute atomic E-state index is 11.9. The molecule has 116 valence electrons. The molecule has 0 bridgehead atoms. The van der Waals surface area contributed by atoms with Gasteiger partial charge in [-0.15, -0.1) is 0 Å². The molecule has 1 aromatic rings. The lowest BCUT2D eigenvalue weighted by Crippen LogP contribution is -2.36. The van der Waals surface area contributed by atoms with Gasteiger partial charge in [0, 0.05) is 37.1 Å². The molecule has 1 fully saturated rings. The van der Waals surface area contributed by atoms with Gasteiger partial charge in [0.25, 0.3) is 0 Å². The van der Waals surface area contributed by atoms with Crippen molar-refractivity contribution in [2.45, 2.75) is 25.4 Å². The number of hydrogen-bond acceptors (Lipinski definition) is 4. The van der Waals surface area contributed by atoms with Gasteiger partial charge in [0.2, 0.25) is 11.8 Å². The smallest absolute Gasteiger partial charge is 0.323 e. The first-order chi connectivity index (χ1) is 10.6. The highest BCUT2D eigenvalue weighted by Crippen LogP contribution is 2.26. The van der Waals surface area contributed by atoms with Crippen molar-refractivity contribution in [2.75, 3.05) is 6.54 Å². The van der Waals surface area contributed by atoms with Crippen molar-refractivity contribution >= 4 is 17.8 Å². The van der Waals surface area contributed by atoms with Crippen molar-refractivity contribution in [2.24, 2.45) is 0 Å². The Bertz CT molecular complexity index is 582. The zero-order valence-corrected chi connectivity index (χ0v) is 11.9. The summed E-state index contributed by atoms with van der Waals surface area (Å²) in [5.41, 5.74) is 0.897. The van der Waals surface area contributed by atoms with Gasteiger partial charge in [-0.25, -0.2) is 0 Å². The van der Waals surface area contributed by atoms with Crippen LogP contribution < -0.4 is 5.32 Å². The second-order valence-corrected chi connectivity index (χ2v) is 5.00.